The van der Waals surface area contributed by atoms with Crippen molar-refractivity contribution in [3.05, 3.63) is 48.5 Å². The van der Waals surface area contributed by atoms with E-state index in [1.807, 2.05) is 18.7 Å². The van der Waals surface area contributed by atoms with Crippen molar-refractivity contribution in [3.63, 3.8) is 0 Å². The molecule has 0 fully saturated rings. The normalized spacial score (nSPS) is 10.9. The Morgan fingerprint density at radius 1 is 1.26 bits per heavy atom. The van der Waals surface area contributed by atoms with Crippen LogP contribution in [0.1, 0.15) is 32.3 Å². The smallest absolute Gasteiger partial charge is 0.0949 e. The topological polar surface area (TPSA) is 29.9 Å². The van der Waals surface area contributed by atoms with Gasteiger partial charge in [0.05, 0.1) is 6.33 Å². The Bertz CT molecular complexity index is 472. The third kappa shape index (κ3) is 4.12. The van der Waals surface area contributed by atoms with Crippen molar-refractivity contribution < 1.29 is 0 Å². The van der Waals surface area contributed by atoms with Gasteiger partial charge in [0, 0.05) is 31.2 Å². The van der Waals surface area contributed by atoms with Crippen molar-refractivity contribution in [2.75, 3.05) is 11.9 Å². The molecule has 0 aliphatic rings. The first-order valence-corrected chi connectivity index (χ1v) is 7.10. The Morgan fingerprint density at radius 3 is 2.79 bits per heavy atom. The summed E-state index contributed by atoms with van der Waals surface area (Å²) in [6.07, 6.45) is 8.13. The first kappa shape index (κ1) is 13.7. The molecule has 1 aromatic carbocycles. The molecule has 0 radical (unpaired) electrons. The molecule has 0 amide bonds. The molecule has 3 nitrogen and oxygen atoms in total. The molecular formula is C16H23N3. The zero-order valence-corrected chi connectivity index (χ0v) is 11.8. The number of nitrogens with zero attached hydrogens (tertiary/aromatic N) is 2. The van der Waals surface area contributed by atoms with E-state index >= 15 is 0 Å². The van der Waals surface area contributed by atoms with Crippen LogP contribution in [0.5, 0.6) is 0 Å². The summed E-state index contributed by atoms with van der Waals surface area (Å²) in [5, 5.41) is 3.54. The Hall–Kier alpha value is -1.77. The van der Waals surface area contributed by atoms with Crippen LogP contribution < -0.4 is 5.32 Å². The molecule has 0 saturated heterocycles. The number of anilines is 1. The highest BCUT2D eigenvalue weighted by molar-refractivity contribution is 5.45. The molecule has 0 spiro atoms. The summed E-state index contributed by atoms with van der Waals surface area (Å²) in [5.74, 6) is 0.761. The second-order valence-corrected chi connectivity index (χ2v) is 5.00. The predicted molar refractivity (Wildman–Crippen MR) is 80.3 cm³/mol. The largest absolute Gasteiger partial charge is 0.385 e. The van der Waals surface area contributed by atoms with Gasteiger partial charge in [-0.25, -0.2) is 4.98 Å². The lowest BCUT2D eigenvalue weighted by molar-refractivity contribution is 0.519. The van der Waals surface area contributed by atoms with Crippen LogP contribution in [0.15, 0.2) is 43.0 Å². The van der Waals surface area contributed by atoms with E-state index in [0.717, 1.165) is 19.0 Å². The standard InChI is InChI=1S/C16H23N3/c1-3-14(4-2)11-18-16-7-5-6-15(10-16)12-19-9-8-17-13-19/h5-10,13-14,18H,3-4,11-12H2,1-2H3. The zero-order valence-electron chi connectivity index (χ0n) is 11.8. The lowest BCUT2D eigenvalue weighted by Gasteiger charge is -2.15. The van der Waals surface area contributed by atoms with Gasteiger partial charge in [0.2, 0.25) is 0 Å². The summed E-state index contributed by atoms with van der Waals surface area (Å²) >= 11 is 0. The van der Waals surface area contributed by atoms with E-state index in [1.165, 1.54) is 24.1 Å². The molecule has 2 aromatic rings. The van der Waals surface area contributed by atoms with Crippen molar-refractivity contribution in [2.45, 2.75) is 33.2 Å². The van der Waals surface area contributed by atoms with Gasteiger partial charge in [-0.2, -0.15) is 0 Å². The van der Waals surface area contributed by atoms with Crippen LogP contribution in [-0.4, -0.2) is 16.1 Å². The maximum atomic E-state index is 4.07. The van der Waals surface area contributed by atoms with Crippen LogP contribution in [0.4, 0.5) is 5.69 Å². The summed E-state index contributed by atoms with van der Waals surface area (Å²) in [6, 6.07) is 8.63. The Balaban J connectivity index is 1.95. The number of aromatic nitrogens is 2. The van der Waals surface area contributed by atoms with Gasteiger partial charge in [-0.15, -0.1) is 0 Å². The van der Waals surface area contributed by atoms with E-state index < -0.39 is 0 Å². The summed E-state index contributed by atoms with van der Waals surface area (Å²) in [5.41, 5.74) is 2.51. The quantitative estimate of drug-likeness (QED) is 0.818. The Morgan fingerprint density at radius 2 is 2.11 bits per heavy atom. The van der Waals surface area contributed by atoms with Crippen LogP contribution >= 0.6 is 0 Å². The molecule has 102 valence electrons. The van der Waals surface area contributed by atoms with Crippen LogP contribution in [0.25, 0.3) is 0 Å². The summed E-state index contributed by atoms with van der Waals surface area (Å²) in [7, 11) is 0. The fourth-order valence-corrected chi connectivity index (χ4v) is 2.21. The first-order chi connectivity index (χ1) is 9.31. The fraction of sp³-hybridized carbons (Fsp3) is 0.438. The molecule has 1 heterocycles. The number of hydrogen-bond donors (Lipinski definition) is 1. The minimum absolute atomic E-state index is 0.761. The molecule has 0 unspecified atom stereocenters. The van der Waals surface area contributed by atoms with Gasteiger partial charge < -0.3 is 9.88 Å². The predicted octanol–water partition coefficient (Wildman–Crippen LogP) is 3.78. The molecule has 0 aliphatic heterocycles. The average molecular weight is 257 g/mol. The zero-order chi connectivity index (χ0) is 13.5. The molecule has 19 heavy (non-hydrogen) atoms. The number of imidazole rings is 1. The summed E-state index contributed by atoms with van der Waals surface area (Å²) in [6.45, 7) is 6.44. The van der Waals surface area contributed by atoms with Crippen molar-refractivity contribution in [1.29, 1.82) is 0 Å². The number of benzene rings is 1. The van der Waals surface area contributed by atoms with Gasteiger partial charge in [-0.3, -0.25) is 0 Å². The molecule has 1 aromatic heterocycles. The van der Waals surface area contributed by atoms with Crippen LogP contribution in [0, 0.1) is 5.92 Å². The van der Waals surface area contributed by atoms with Gasteiger partial charge in [-0.05, 0) is 23.6 Å². The number of nitrogens with one attached hydrogen (secondary N) is 1. The van der Waals surface area contributed by atoms with E-state index in [9.17, 15) is 0 Å². The molecule has 0 bridgehead atoms. The highest BCUT2D eigenvalue weighted by Gasteiger charge is 2.03. The minimum Gasteiger partial charge on any atom is -0.385 e. The van der Waals surface area contributed by atoms with Gasteiger partial charge in [0.1, 0.15) is 0 Å². The molecule has 0 aliphatic carbocycles. The number of hydrogen-bond acceptors (Lipinski definition) is 2. The van der Waals surface area contributed by atoms with Crippen molar-refractivity contribution >= 4 is 5.69 Å². The van der Waals surface area contributed by atoms with Crippen LogP contribution in [0.3, 0.4) is 0 Å². The summed E-state index contributed by atoms with van der Waals surface area (Å²) in [4.78, 5) is 4.07. The summed E-state index contributed by atoms with van der Waals surface area (Å²) < 4.78 is 2.08. The van der Waals surface area contributed by atoms with Gasteiger partial charge in [-0.1, -0.05) is 38.8 Å². The van der Waals surface area contributed by atoms with Gasteiger partial charge >= 0.3 is 0 Å². The van der Waals surface area contributed by atoms with Crippen molar-refractivity contribution in [3.8, 4) is 0 Å². The molecule has 0 atom stereocenters. The molecule has 3 heteroatoms. The molecule has 2 rings (SSSR count). The lowest BCUT2D eigenvalue weighted by atomic mass is 10.0. The SMILES string of the molecule is CCC(CC)CNc1cccc(Cn2ccnc2)c1. The van der Waals surface area contributed by atoms with Gasteiger partial charge in [0.15, 0.2) is 0 Å². The van der Waals surface area contributed by atoms with Crippen LogP contribution in [-0.2, 0) is 6.54 Å². The number of rotatable bonds is 7. The maximum absolute atomic E-state index is 4.07. The molecule has 1 N–H and O–H groups in total. The highest BCUT2D eigenvalue weighted by atomic mass is 15.0. The Kier molecular flexibility index (Phi) is 5.01. The monoisotopic (exact) mass is 257 g/mol. The van der Waals surface area contributed by atoms with E-state index in [4.69, 9.17) is 0 Å². The van der Waals surface area contributed by atoms with Gasteiger partial charge in [0.25, 0.3) is 0 Å². The minimum atomic E-state index is 0.761. The molecular weight excluding hydrogens is 234 g/mol. The highest BCUT2D eigenvalue weighted by Crippen LogP contribution is 2.14. The van der Waals surface area contributed by atoms with E-state index in [1.54, 1.807) is 0 Å². The fourth-order valence-electron chi connectivity index (χ4n) is 2.21. The second-order valence-electron chi connectivity index (χ2n) is 5.00. The second kappa shape index (κ2) is 6.98. The third-order valence-electron chi connectivity index (χ3n) is 3.60. The first-order valence-electron chi connectivity index (χ1n) is 7.10. The third-order valence-corrected chi connectivity index (χ3v) is 3.60. The van der Waals surface area contributed by atoms with Crippen molar-refractivity contribution in [1.82, 2.24) is 9.55 Å². The van der Waals surface area contributed by atoms with Crippen LogP contribution in [0.2, 0.25) is 0 Å². The maximum Gasteiger partial charge on any atom is 0.0949 e. The lowest BCUT2D eigenvalue weighted by Crippen LogP contribution is -2.12. The average Bonchev–Trinajstić information content (AvgIpc) is 2.93. The van der Waals surface area contributed by atoms with E-state index in [0.29, 0.717) is 0 Å². The van der Waals surface area contributed by atoms with Crippen molar-refractivity contribution in [2.24, 2.45) is 5.92 Å². The van der Waals surface area contributed by atoms with E-state index in [-0.39, 0.29) is 0 Å². The van der Waals surface area contributed by atoms with E-state index in [2.05, 4.69) is 53.0 Å². The Labute approximate surface area is 115 Å². The molecule has 0 saturated carbocycles.